The molecule has 23 heavy (non-hydrogen) atoms. The third kappa shape index (κ3) is 5.50. The van der Waals surface area contributed by atoms with E-state index in [4.69, 9.17) is 5.73 Å². The first-order valence-electron chi connectivity index (χ1n) is 7.74. The lowest BCUT2D eigenvalue weighted by Gasteiger charge is -2.23. The van der Waals surface area contributed by atoms with E-state index < -0.39 is 17.7 Å². The molecule has 1 aliphatic rings. The first-order valence-corrected chi connectivity index (χ1v) is 7.74. The molecule has 1 aliphatic carbocycles. The number of amides is 3. The molecule has 0 bridgehead atoms. The monoisotopic (exact) mass is 325 g/mol. The summed E-state index contributed by atoms with van der Waals surface area (Å²) in [6, 6.07) is 2.98. The zero-order valence-corrected chi connectivity index (χ0v) is 12.9. The number of unbranched alkanes of at least 4 members (excludes halogenated alkanes) is 1. The predicted molar refractivity (Wildman–Crippen MR) is 81.4 cm³/mol. The van der Waals surface area contributed by atoms with E-state index in [1.165, 1.54) is 12.1 Å². The van der Waals surface area contributed by atoms with Crippen molar-refractivity contribution in [3.05, 3.63) is 35.4 Å². The average Bonchev–Trinajstić information content (AvgIpc) is 3.30. The Morgan fingerprint density at radius 1 is 1.26 bits per heavy atom. The molecule has 2 rings (SSSR count). The van der Waals surface area contributed by atoms with Gasteiger partial charge in [-0.3, -0.25) is 4.79 Å². The van der Waals surface area contributed by atoms with Crippen LogP contribution in [0, 0.1) is 11.6 Å². The van der Waals surface area contributed by atoms with Gasteiger partial charge >= 0.3 is 6.03 Å². The summed E-state index contributed by atoms with van der Waals surface area (Å²) >= 11 is 0. The minimum absolute atomic E-state index is 0.0460. The van der Waals surface area contributed by atoms with Crippen LogP contribution >= 0.6 is 0 Å². The normalized spacial score (nSPS) is 13.7. The summed E-state index contributed by atoms with van der Waals surface area (Å²) in [5.74, 6) is -1.30. The summed E-state index contributed by atoms with van der Waals surface area (Å²) in [5, 5.41) is 2.47. The molecule has 0 saturated heterocycles. The topological polar surface area (TPSA) is 75.4 Å². The van der Waals surface area contributed by atoms with Gasteiger partial charge in [-0.05, 0) is 31.7 Å². The molecule has 0 aromatic heterocycles. The molecule has 0 radical (unpaired) electrons. The molecule has 0 heterocycles. The molecular formula is C16H21F2N3O2. The largest absolute Gasteiger partial charge is 0.352 e. The van der Waals surface area contributed by atoms with Crippen molar-refractivity contribution in [1.29, 1.82) is 0 Å². The summed E-state index contributed by atoms with van der Waals surface area (Å²) in [6.07, 6.45) is 3.43. The van der Waals surface area contributed by atoms with E-state index in [0.29, 0.717) is 31.4 Å². The quantitative estimate of drug-likeness (QED) is 0.720. The third-order valence-corrected chi connectivity index (χ3v) is 3.78. The number of carbonyl (C=O) groups excluding carboxylic acids is 2. The van der Waals surface area contributed by atoms with E-state index >= 15 is 0 Å². The van der Waals surface area contributed by atoms with Crippen LogP contribution in [0.1, 0.15) is 37.7 Å². The van der Waals surface area contributed by atoms with Gasteiger partial charge in [-0.2, -0.15) is 0 Å². The van der Waals surface area contributed by atoms with Gasteiger partial charge in [0, 0.05) is 37.2 Å². The third-order valence-electron chi connectivity index (χ3n) is 3.78. The van der Waals surface area contributed by atoms with E-state index in [1.807, 2.05) is 0 Å². The second kappa shape index (κ2) is 7.89. The number of nitrogens with two attached hydrogens (primary N) is 1. The van der Waals surface area contributed by atoms with Gasteiger partial charge < -0.3 is 16.0 Å². The van der Waals surface area contributed by atoms with E-state index in [9.17, 15) is 18.4 Å². The van der Waals surface area contributed by atoms with Crippen LogP contribution in [0.4, 0.5) is 13.6 Å². The number of rotatable bonds is 8. The van der Waals surface area contributed by atoms with Crippen molar-refractivity contribution in [1.82, 2.24) is 10.2 Å². The van der Waals surface area contributed by atoms with Crippen LogP contribution in [0.5, 0.6) is 0 Å². The van der Waals surface area contributed by atoms with Crippen LogP contribution in [0.15, 0.2) is 18.2 Å². The van der Waals surface area contributed by atoms with Crippen molar-refractivity contribution < 1.29 is 18.4 Å². The molecule has 3 N–H and O–H groups in total. The fourth-order valence-corrected chi connectivity index (χ4v) is 2.40. The highest BCUT2D eigenvalue weighted by Gasteiger charge is 2.32. The summed E-state index contributed by atoms with van der Waals surface area (Å²) in [5.41, 5.74) is 5.28. The van der Waals surface area contributed by atoms with Gasteiger partial charge in [-0.15, -0.1) is 0 Å². The number of carbonyl (C=O) groups is 2. The van der Waals surface area contributed by atoms with Crippen molar-refractivity contribution in [3.8, 4) is 0 Å². The minimum atomic E-state index is -0.630. The molecule has 126 valence electrons. The summed E-state index contributed by atoms with van der Waals surface area (Å²) < 4.78 is 26.7. The highest BCUT2D eigenvalue weighted by Crippen LogP contribution is 2.29. The fraction of sp³-hybridized carbons (Fsp3) is 0.500. The van der Waals surface area contributed by atoms with Gasteiger partial charge in [0.05, 0.1) is 0 Å². The Kier molecular flexibility index (Phi) is 5.90. The second-order valence-corrected chi connectivity index (χ2v) is 5.74. The summed E-state index contributed by atoms with van der Waals surface area (Å²) in [7, 11) is 0. The number of halogens is 2. The molecule has 1 fully saturated rings. The van der Waals surface area contributed by atoms with Gasteiger partial charge in [-0.25, -0.2) is 13.6 Å². The van der Waals surface area contributed by atoms with Crippen LogP contribution in [0.25, 0.3) is 0 Å². The molecule has 7 heteroatoms. The molecule has 5 nitrogen and oxygen atoms in total. The average molecular weight is 325 g/mol. The van der Waals surface area contributed by atoms with Crippen LogP contribution in [-0.4, -0.2) is 29.4 Å². The summed E-state index contributed by atoms with van der Waals surface area (Å²) in [6.45, 7) is 0.591. The number of nitrogens with one attached hydrogen (secondary N) is 1. The predicted octanol–water partition coefficient (Wildman–Crippen LogP) is 2.29. The molecule has 0 atom stereocenters. The highest BCUT2D eigenvalue weighted by atomic mass is 19.1. The number of primary amides is 1. The van der Waals surface area contributed by atoms with E-state index in [1.54, 1.807) is 4.90 Å². The van der Waals surface area contributed by atoms with Crippen molar-refractivity contribution in [2.45, 2.75) is 44.7 Å². The standard InChI is InChI=1S/C16H21F2N3O2/c17-12-5-4-11(14(18)9-12)10-21(13-6-7-13)15(22)3-1-2-8-20-16(19)23/h4-5,9,13H,1-3,6-8,10H2,(H3,19,20,23). The number of nitrogens with zero attached hydrogens (tertiary/aromatic N) is 1. The molecule has 3 amide bonds. The Morgan fingerprint density at radius 2 is 2.00 bits per heavy atom. The van der Waals surface area contributed by atoms with Gasteiger partial charge in [-0.1, -0.05) is 6.07 Å². The molecule has 1 aromatic rings. The van der Waals surface area contributed by atoms with Gasteiger partial charge in [0.15, 0.2) is 0 Å². The van der Waals surface area contributed by atoms with Crippen molar-refractivity contribution in [2.24, 2.45) is 5.73 Å². The highest BCUT2D eigenvalue weighted by molar-refractivity contribution is 5.77. The Morgan fingerprint density at radius 3 is 2.61 bits per heavy atom. The molecule has 1 aromatic carbocycles. The van der Waals surface area contributed by atoms with Crippen molar-refractivity contribution in [2.75, 3.05) is 6.54 Å². The van der Waals surface area contributed by atoms with Crippen molar-refractivity contribution >= 4 is 11.9 Å². The smallest absolute Gasteiger partial charge is 0.312 e. The molecule has 1 saturated carbocycles. The maximum atomic E-state index is 13.8. The van der Waals surface area contributed by atoms with E-state index in [2.05, 4.69) is 5.32 Å². The lowest BCUT2D eigenvalue weighted by atomic mass is 10.1. The molecular weight excluding hydrogens is 304 g/mol. The van der Waals surface area contributed by atoms with E-state index in [-0.39, 0.29) is 18.5 Å². The van der Waals surface area contributed by atoms with Crippen LogP contribution < -0.4 is 11.1 Å². The molecule has 0 spiro atoms. The molecule has 0 aliphatic heterocycles. The number of benzene rings is 1. The van der Waals surface area contributed by atoms with E-state index in [0.717, 1.165) is 18.9 Å². The Hall–Kier alpha value is -2.18. The maximum Gasteiger partial charge on any atom is 0.312 e. The minimum Gasteiger partial charge on any atom is -0.352 e. The lowest BCUT2D eigenvalue weighted by Crippen LogP contribution is -2.33. The lowest BCUT2D eigenvalue weighted by molar-refractivity contribution is -0.132. The second-order valence-electron chi connectivity index (χ2n) is 5.74. The SMILES string of the molecule is NC(=O)NCCCCC(=O)N(Cc1ccc(F)cc1F)C1CC1. The van der Waals surface area contributed by atoms with Crippen molar-refractivity contribution in [3.63, 3.8) is 0 Å². The first-order chi connectivity index (χ1) is 11.0. The molecule has 0 unspecified atom stereocenters. The fourth-order valence-electron chi connectivity index (χ4n) is 2.40. The van der Waals surface area contributed by atoms with Gasteiger partial charge in [0.25, 0.3) is 0 Å². The maximum absolute atomic E-state index is 13.8. The Balaban J connectivity index is 1.85. The van der Waals surface area contributed by atoms with Gasteiger partial charge in [0.1, 0.15) is 11.6 Å². The first kappa shape index (κ1) is 17.2. The zero-order chi connectivity index (χ0) is 16.8. The number of hydrogen-bond donors (Lipinski definition) is 2. The Bertz CT molecular complexity index is 576. The Labute approximate surface area is 133 Å². The summed E-state index contributed by atoms with van der Waals surface area (Å²) in [4.78, 5) is 24.5. The van der Waals surface area contributed by atoms with Crippen LogP contribution in [0.3, 0.4) is 0 Å². The van der Waals surface area contributed by atoms with Gasteiger partial charge in [0.2, 0.25) is 5.91 Å². The zero-order valence-electron chi connectivity index (χ0n) is 12.9. The van der Waals surface area contributed by atoms with Crippen LogP contribution in [-0.2, 0) is 11.3 Å². The number of hydrogen-bond acceptors (Lipinski definition) is 2. The van der Waals surface area contributed by atoms with Crippen LogP contribution in [0.2, 0.25) is 0 Å². The number of urea groups is 1.